The Morgan fingerprint density at radius 2 is 1.95 bits per heavy atom. The van der Waals surface area contributed by atoms with E-state index in [1.165, 1.54) is 7.11 Å². The SMILES string of the molecule is COc1ccc(C(=O)Cc2cnccc2N)cc1OC. The van der Waals surface area contributed by atoms with Gasteiger partial charge in [0.2, 0.25) is 0 Å². The number of aromatic nitrogens is 1. The van der Waals surface area contributed by atoms with Crippen LogP contribution in [0.25, 0.3) is 0 Å². The van der Waals surface area contributed by atoms with Crippen LogP contribution in [0.3, 0.4) is 0 Å². The van der Waals surface area contributed by atoms with Gasteiger partial charge in [0, 0.05) is 35.6 Å². The van der Waals surface area contributed by atoms with Gasteiger partial charge in [-0.25, -0.2) is 0 Å². The summed E-state index contributed by atoms with van der Waals surface area (Å²) in [6.45, 7) is 0. The Labute approximate surface area is 117 Å². The lowest BCUT2D eigenvalue weighted by Gasteiger charge is -2.09. The standard InChI is InChI=1S/C15H16N2O3/c1-19-14-4-3-10(8-15(14)20-2)13(18)7-11-9-17-6-5-12(11)16/h3-6,8-9H,7H2,1-2H3,(H2,16,17). The summed E-state index contributed by atoms with van der Waals surface area (Å²) >= 11 is 0. The van der Waals surface area contributed by atoms with Gasteiger partial charge < -0.3 is 15.2 Å². The summed E-state index contributed by atoms with van der Waals surface area (Å²) in [5.74, 6) is 1.06. The molecule has 2 rings (SSSR count). The molecule has 0 unspecified atom stereocenters. The van der Waals surface area contributed by atoms with Crippen LogP contribution < -0.4 is 15.2 Å². The van der Waals surface area contributed by atoms with E-state index in [1.54, 1.807) is 43.8 Å². The molecule has 0 bridgehead atoms. The Kier molecular flexibility index (Phi) is 4.20. The van der Waals surface area contributed by atoms with E-state index in [1.807, 2.05) is 0 Å². The first-order valence-electron chi connectivity index (χ1n) is 6.09. The molecule has 0 atom stereocenters. The molecule has 0 radical (unpaired) electrons. The van der Waals surface area contributed by atoms with Crippen molar-refractivity contribution in [1.29, 1.82) is 0 Å². The number of ketones is 1. The van der Waals surface area contributed by atoms with E-state index < -0.39 is 0 Å². The molecule has 5 nitrogen and oxygen atoms in total. The number of methoxy groups -OCH3 is 2. The first kappa shape index (κ1) is 13.9. The lowest BCUT2D eigenvalue weighted by Crippen LogP contribution is -2.06. The van der Waals surface area contributed by atoms with Gasteiger partial charge >= 0.3 is 0 Å². The van der Waals surface area contributed by atoms with Gasteiger partial charge in [-0.3, -0.25) is 9.78 Å². The Morgan fingerprint density at radius 3 is 2.60 bits per heavy atom. The maximum Gasteiger partial charge on any atom is 0.167 e. The van der Waals surface area contributed by atoms with Crippen molar-refractivity contribution in [3.05, 3.63) is 47.8 Å². The summed E-state index contributed by atoms with van der Waals surface area (Å²) < 4.78 is 10.3. The smallest absolute Gasteiger partial charge is 0.167 e. The van der Waals surface area contributed by atoms with Crippen molar-refractivity contribution >= 4 is 11.5 Å². The highest BCUT2D eigenvalue weighted by atomic mass is 16.5. The molecular formula is C15H16N2O3. The fourth-order valence-electron chi connectivity index (χ4n) is 1.87. The Hall–Kier alpha value is -2.56. The lowest BCUT2D eigenvalue weighted by molar-refractivity contribution is 0.0992. The van der Waals surface area contributed by atoms with Crippen LogP contribution in [0.4, 0.5) is 5.69 Å². The van der Waals surface area contributed by atoms with Crippen LogP contribution in [-0.4, -0.2) is 25.0 Å². The first-order valence-corrected chi connectivity index (χ1v) is 6.09. The second-order valence-electron chi connectivity index (χ2n) is 4.24. The van der Waals surface area contributed by atoms with Crippen LogP contribution in [0.15, 0.2) is 36.7 Å². The van der Waals surface area contributed by atoms with Gasteiger partial charge in [-0.1, -0.05) is 0 Å². The van der Waals surface area contributed by atoms with Crippen LogP contribution in [0.2, 0.25) is 0 Å². The fraction of sp³-hybridized carbons (Fsp3) is 0.200. The highest BCUT2D eigenvalue weighted by Gasteiger charge is 2.12. The van der Waals surface area contributed by atoms with Crippen molar-refractivity contribution in [1.82, 2.24) is 4.98 Å². The molecule has 2 aromatic rings. The number of nitrogen functional groups attached to an aromatic ring is 1. The molecule has 0 aliphatic rings. The average molecular weight is 272 g/mol. The van der Waals surface area contributed by atoms with Crippen LogP contribution in [-0.2, 0) is 6.42 Å². The van der Waals surface area contributed by atoms with Crippen molar-refractivity contribution < 1.29 is 14.3 Å². The van der Waals surface area contributed by atoms with Crippen molar-refractivity contribution in [2.75, 3.05) is 20.0 Å². The van der Waals surface area contributed by atoms with Gasteiger partial charge in [0.1, 0.15) is 0 Å². The van der Waals surface area contributed by atoms with Crippen LogP contribution >= 0.6 is 0 Å². The number of carbonyl (C=O) groups is 1. The number of nitrogens with zero attached hydrogens (tertiary/aromatic N) is 1. The van der Waals surface area contributed by atoms with Crippen molar-refractivity contribution in [3.8, 4) is 11.5 Å². The fourth-order valence-corrected chi connectivity index (χ4v) is 1.87. The minimum Gasteiger partial charge on any atom is -0.493 e. The average Bonchev–Trinajstić information content (AvgIpc) is 2.48. The van der Waals surface area contributed by atoms with Gasteiger partial charge in [0.05, 0.1) is 14.2 Å². The highest BCUT2D eigenvalue weighted by Crippen LogP contribution is 2.28. The Morgan fingerprint density at radius 1 is 1.20 bits per heavy atom. The molecule has 104 valence electrons. The second kappa shape index (κ2) is 6.06. The minimum atomic E-state index is -0.0503. The van der Waals surface area contributed by atoms with Crippen molar-refractivity contribution in [3.63, 3.8) is 0 Å². The van der Waals surface area contributed by atoms with E-state index >= 15 is 0 Å². The predicted molar refractivity (Wildman–Crippen MR) is 76.2 cm³/mol. The zero-order chi connectivity index (χ0) is 14.5. The molecule has 0 amide bonds. The first-order chi connectivity index (χ1) is 9.65. The predicted octanol–water partition coefficient (Wildman–Crippen LogP) is 2.11. The summed E-state index contributed by atoms with van der Waals surface area (Å²) in [5, 5.41) is 0. The third-order valence-electron chi connectivity index (χ3n) is 3.00. The normalized spacial score (nSPS) is 10.1. The van der Waals surface area contributed by atoms with E-state index in [9.17, 15) is 4.79 Å². The summed E-state index contributed by atoms with van der Waals surface area (Å²) in [5.41, 5.74) is 7.64. The molecule has 0 saturated carbocycles. The summed E-state index contributed by atoms with van der Waals surface area (Å²) in [7, 11) is 3.08. The number of hydrogen-bond acceptors (Lipinski definition) is 5. The number of pyridine rings is 1. The van der Waals surface area contributed by atoms with Crippen LogP contribution in [0, 0.1) is 0 Å². The number of benzene rings is 1. The zero-order valence-corrected chi connectivity index (χ0v) is 11.4. The van der Waals surface area contributed by atoms with E-state index in [2.05, 4.69) is 4.98 Å². The van der Waals surface area contributed by atoms with Gasteiger partial charge in [0.15, 0.2) is 17.3 Å². The maximum atomic E-state index is 12.3. The molecule has 0 aliphatic heterocycles. The lowest BCUT2D eigenvalue weighted by atomic mass is 10.0. The molecule has 0 saturated heterocycles. The van der Waals surface area contributed by atoms with Gasteiger partial charge in [0.25, 0.3) is 0 Å². The van der Waals surface area contributed by atoms with E-state index in [4.69, 9.17) is 15.2 Å². The number of Topliss-reactive ketones (excluding diaryl/α,β-unsaturated/α-hetero) is 1. The second-order valence-corrected chi connectivity index (χ2v) is 4.24. The van der Waals surface area contributed by atoms with E-state index in [-0.39, 0.29) is 12.2 Å². The van der Waals surface area contributed by atoms with E-state index in [0.29, 0.717) is 28.3 Å². The number of carbonyl (C=O) groups excluding carboxylic acids is 1. The molecule has 0 aliphatic carbocycles. The summed E-state index contributed by atoms with van der Waals surface area (Å²) in [6.07, 6.45) is 3.41. The minimum absolute atomic E-state index is 0.0503. The highest BCUT2D eigenvalue weighted by molar-refractivity contribution is 5.98. The Bertz CT molecular complexity index is 626. The third-order valence-corrected chi connectivity index (χ3v) is 3.00. The van der Waals surface area contributed by atoms with Gasteiger partial charge in [-0.2, -0.15) is 0 Å². The number of anilines is 1. The number of nitrogens with two attached hydrogens (primary N) is 1. The van der Waals surface area contributed by atoms with E-state index in [0.717, 1.165) is 0 Å². The zero-order valence-electron chi connectivity index (χ0n) is 11.4. The largest absolute Gasteiger partial charge is 0.493 e. The topological polar surface area (TPSA) is 74.4 Å². The molecule has 2 N–H and O–H groups in total. The number of ether oxygens (including phenoxy) is 2. The third kappa shape index (κ3) is 2.88. The molecule has 0 spiro atoms. The molecule has 0 fully saturated rings. The van der Waals surface area contributed by atoms with Crippen molar-refractivity contribution in [2.45, 2.75) is 6.42 Å². The quantitative estimate of drug-likeness (QED) is 0.844. The molecule has 1 aromatic carbocycles. The van der Waals surface area contributed by atoms with Gasteiger partial charge in [-0.15, -0.1) is 0 Å². The summed E-state index contributed by atoms with van der Waals surface area (Å²) in [4.78, 5) is 16.2. The number of rotatable bonds is 5. The molecule has 20 heavy (non-hydrogen) atoms. The molecule has 5 heteroatoms. The van der Waals surface area contributed by atoms with Crippen molar-refractivity contribution in [2.24, 2.45) is 0 Å². The van der Waals surface area contributed by atoms with Gasteiger partial charge in [-0.05, 0) is 24.3 Å². The summed E-state index contributed by atoms with van der Waals surface area (Å²) in [6, 6.07) is 6.75. The monoisotopic (exact) mass is 272 g/mol. The molecule has 1 heterocycles. The Balaban J connectivity index is 2.24. The van der Waals surface area contributed by atoms with Crippen LogP contribution in [0.1, 0.15) is 15.9 Å². The number of hydrogen-bond donors (Lipinski definition) is 1. The molecular weight excluding hydrogens is 256 g/mol. The molecule has 1 aromatic heterocycles. The maximum absolute atomic E-state index is 12.3. The van der Waals surface area contributed by atoms with Crippen LogP contribution in [0.5, 0.6) is 11.5 Å².